The first-order valence-corrected chi connectivity index (χ1v) is 7.02. The van der Waals surface area contributed by atoms with Gasteiger partial charge in [-0.2, -0.15) is 0 Å². The van der Waals surface area contributed by atoms with E-state index in [1.165, 1.54) is 0 Å². The molecule has 7 aliphatic rings. The molecule has 88 valence electrons. The lowest BCUT2D eigenvalue weighted by atomic mass is 9.34. The Morgan fingerprint density at radius 3 is 0.875 bits per heavy atom. The van der Waals surface area contributed by atoms with Gasteiger partial charge in [0.1, 0.15) is 0 Å². The van der Waals surface area contributed by atoms with Gasteiger partial charge in [0.15, 0.2) is 0 Å². The van der Waals surface area contributed by atoms with Crippen molar-refractivity contribution in [3.8, 4) is 0 Å². The standard InChI is InChI=1S/C14H20O2/c15-13-1-7-8-4-14(16)5-9(7)11(3-13)12(6-14)10(8)2-13/h7-12,15-16H,1-6H2. The summed E-state index contributed by atoms with van der Waals surface area (Å²) in [6.07, 6.45) is 6.32. The second kappa shape index (κ2) is 2.24. The van der Waals surface area contributed by atoms with E-state index in [4.69, 9.17) is 0 Å². The van der Waals surface area contributed by atoms with Gasteiger partial charge in [-0.25, -0.2) is 0 Å². The van der Waals surface area contributed by atoms with Crippen molar-refractivity contribution in [3.63, 3.8) is 0 Å². The van der Waals surface area contributed by atoms with E-state index in [-0.39, 0.29) is 11.2 Å². The van der Waals surface area contributed by atoms with E-state index >= 15 is 0 Å². The van der Waals surface area contributed by atoms with Crippen LogP contribution in [0.1, 0.15) is 38.5 Å². The van der Waals surface area contributed by atoms with Crippen LogP contribution in [0.3, 0.4) is 0 Å². The molecule has 0 radical (unpaired) electrons. The summed E-state index contributed by atoms with van der Waals surface area (Å²) in [6, 6.07) is 0. The zero-order valence-corrected chi connectivity index (χ0v) is 9.60. The highest BCUT2D eigenvalue weighted by atomic mass is 16.3. The number of hydrogen-bond donors (Lipinski definition) is 2. The summed E-state index contributed by atoms with van der Waals surface area (Å²) in [6.45, 7) is 0. The Kier molecular flexibility index (Phi) is 1.25. The first-order chi connectivity index (χ1) is 7.57. The summed E-state index contributed by atoms with van der Waals surface area (Å²) in [4.78, 5) is 0. The average Bonchev–Trinajstić information content (AvgIpc) is 2.22. The second-order valence-corrected chi connectivity index (χ2v) is 7.66. The van der Waals surface area contributed by atoms with Crippen LogP contribution in [0.5, 0.6) is 0 Å². The Morgan fingerprint density at radius 1 is 0.500 bits per heavy atom. The van der Waals surface area contributed by atoms with E-state index in [2.05, 4.69) is 0 Å². The third kappa shape index (κ3) is 0.799. The predicted octanol–water partition coefficient (Wildman–Crippen LogP) is 1.55. The first kappa shape index (κ1) is 8.93. The summed E-state index contributed by atoms with van der Waals surface area (Å²) >= 11 is 0. The van der Waals surface area contributed by atoms with Crippen molar-refractivity contribution >= 4 is 0 Å². The summed E-state index contributed by atoms with van der Waals surface area (Å²) in [7, 11) is 0. The van der Waals surface area contributed by atoms with E-state index in [0.717, 1.165) is 74.0 Å². The molecule has 0 aromatic heterocycles. The Labute approximate surface area is 96.0 Å². The van der Waals surface area contributed by atoms with Crippen LogP contribution in [-0.4, -0.2) is 21.4 Å². The Balaban J connectivity index is 1.68. The lowest BCUT2D eigenvalue weighted by molar-refractivity contribution is -0.289. The first-order valence-electron chi connectivity index (χ1n) is 7.02. The fourth-order valence-corrected chi connectivity index (χ4v) is 6.85. The monoisotopic (exact) mass is 220 g/mol. The maximum atomic E-state index is 10.6. The molecule has 0 saturated heterocycles. The predicted molar refractivity (Wildman–Crippen MR) is 58.5 cm³/mol. The van der Waals surface area contributed by atoms with Crippen molar-refractivity contribution in [1.29, 1.82) is 0 Å². The van der Waals surface area contributed by atoms with Crippen molar-refractivity contribution in [3.05, 3.63) is 0 Å². The van der Waals surface area contributed by atoms with Gasteiger partial charge >= 0.3 is 0 Å². The topological polar surface area (TPSA) is 40.5 Å². The Morgan fingerprint density at radius 2 is 0.688 bits per heavy atom. The van der Waals surface area contributed by atoms with Crippen LogP contribution in [0.15, 0.2) is 0 Å². The molecule has 0 unspecified atom stereocenters. The summed E-state index contributed by atoms with van der Waals surface area (Å²) in [5.74, 6) is 4.58. The SMILES string of the molecule is OC12CC3C4CC5(O)CC3C(C1)C(C5)C4C2. The molecule has 2 nitrogen and oxygen atoms in total. The fraction of sp³-hybridized carbons (Fsp3) is 1.00. The largest absolute Gasteiger partial charge is 0.390 e. The fourth-order valence-electron chi connectivity index (χ4n) is 6.85. The highest BCUT2D eigenvalue weighted by Crippen LogP contribution is 2.72. The van der Waals surface area contributed by atoms with E-state index < -0.39 is 0 Å². The average molecular weight is 220 g/mol. The van der Waals surface area contributed by atoms with Crippen LogP contribution < -0.4 is 0 Å². The van der Waals surface area contributed by atoms with Gasteiger partial charge in [-0.15, -0.1) is 0 Å². The molecule has 2 N–H and O–H groups in total. The third-order valence-electron chi connectivity index (χ3n) is 6.99. The van der Waals surface area contributed by atoms with Crippen molar-refractivity contribution in [1.82, 2.24) is 0 Å². The molecule has 7 fully saturated rings. The molecule has 16 heavy (non-hydrogen) atoms. The quantitative estimate of drug-likeness (QED) is 0.650. The van der Waals surface area contributed by atoms with Gasteiger partial charge in [0, 0.05) is 0 Å². The molecular weight excluding hydrogens is 200 g/mol. The highest BCUT2D eigenvalue weighted by Gasteiger charge is 2.70. The van der Waals surface area contributed by atoms with E-state index in [1.54, 1.807) is 0 Å². The van der Waals surface area contributed by atoms with Gasteiger partial charge in [0.25, 0.3) is 0 Å². The maximum Gasteiger partial charge on any atom is 0.0656 e. The van der Waals surface area contributed by atoms with Gasteiger partial charge in [0.05, 0.1) is 11.2 Å². The minimum atomic E-state index is -0.295. The minimum Gasteiger partial charge on any atom is -0.390 e. The highest BCUT2D eigenvalue weighted by molar-refractivity contribution is 5.19. The van der Waals surface area contributed by atoms with Gasteiger partial charge in [-0.05, 0) is 74.0 Å². The molecule has 7 aliphatic carbocycles. The van der Waals surface area contributed by atoms with Crippen LogP contribution in [0.4, 0.5) is 0 Å². The van der Waals surface area contributed by atoms with Gasteiger partial charge < -0.3 is 10.2 Å². The second-order valence-electron chi connectivity index (χ2n) is 7.66. The molecule has 0 spiro atoms. The zero-order chi connectivity index (χ0) is 10.7. The zero-order valence-electron chi connectivity index (χ0n) is 9.60. The summed E-state index contributed by atoms with van der Waals surface area (Å²) in [5, 5.41) is 21.2. The maximum absolute atomic E-state index is 10.6. The number of rotatable bonds is 0. The van der Waals surface area contributed by atoms with Crippen LogP contribution in [-0.2, 0) is 0 Å². The molecule has 0 heterocycles. The molecule has 0 aliphatic heterocycles. The smallest absolute Gasteiger partial charge is 0.0656 e. The van der Waals surface area contributed by atoms with Crippen molar-refractivity contribution < 1.29 is 10.2 Å². The molecule has 7 rings (SSSR count). The molecule has 0 aromatic rings. The summed E-state index contributed by atoms with van der Waals surface area (Å²) < 4.78 is 0. The van der Waals surface area contributed by atoms with Crippen LogP contribution in [0, 0.1) is 35.5 Å². The minimum absolute atomic E-state index is 0.295. The van der Waals surface area contributed by atoms with E-state index in [9.17, 15) is 10.2 Å². The van der Waals surface area contributed by atoms with Gasteiger partial charge in [-0.3, -0.25) is 0 Å². The molecule has 0 atom stereocenters. The molecule has 7 saturated carbocycles. The van der Waals surface area contributed by atoms with Gasteiger partial charge in [0.2, 0.25) is 0 Å². The number of hydrogen-bond acceptors (Lipinski definition) is 2. The van der Waals surface area contributed by atoms with Crippen LogP contribution in [0.25, 0.3) is 0 Å². The Hall–Kier alpha value is -0.0800. The lowest BCUT2D eigenvalue weighted by Gasteiger charge is -2.73. The van der Waals surface area contributed by atoms with Crippen molar-refractivity contribution in [2.24, 2.45) is 35.5 Å². The lowest BCUT2D eigenvalue weighted by Crippen LogP contribution is -2.71. The molecule has 2 heteroatoms. The molecule has 0 amide bonds. The molecular formula is C14H20O2. The summed E-state index contributed by atoms with van der Waals surface area (Å²) in [5.41, 5.74) is -0.591. The number of aliphatic hydroxyl groups is 2. The Bertz CT molecular complexity index is 276. The van der Waals surface area contributed by atoms with E-state index in [1.807, 2.05) is 0 Å². The third-order valence-corrected chi connectivity index (χ3v) is 6.99. The molecule has 8 bridgehead atoms. The van der Waals surface area contributed by atoms with Crippen molar-refractivity contribution in [2.75, 3.05) is 0 Å². The van der Waals surface area contributed by atoms with Crippen molar-refractivity contribution in [2.45, 2.75) is 49.7 Å². The van der Waals surface area contributed by atoms with Gasteiger partial charge in [-0.1, -0.05) is 0 Å². The van der Waals surface area contributed by atoms with Crippen LogP contribution in [0.2, 0.25) is 0 Å². The normalized spacial score (nSPS) is 73.9. The molecule has 0 aromatic carbocycles. The van der Waals surface area contributed by atoms with Crippen LogP contribution >= 0.6 is 0 Å². The van der Waals surface area contributed by atoms with E-state index in [0.29, 0.717) is 0 Å².